The fourth-order valence-corrected chi connectivity index (χ4v) is 3.00. The molecule has 23 heavy (non-hydrogen) atoms. The summed E-state index contributed by atoms with van der Waals surface area (Å²) in [7, 11) is 0. The van der Waals surface area contributed by atoms with Crippen LogP contribution in [-0.2, 0) is 14.3 Å². The Balaban J connectivity index is 1.79. The smallest absolute Gasteiger partial charge is 0.410 e. The third-order valence-corrected chi connectivity index (χ3v) is 4.34. The molecule has 2 rings (SSSR count). The average Bonchev–Trinajstić information content (AvgIpc) is 2.87. The van der Waals surface area contributed by atoms with Gasteiger partial charge < -0.3 is 19.3 Å². The summed E-state index contributed by atoms with van der Waals surface area (Å²) >= 11 is 0. The van der Waals surface area contributed by atoms with E-state index in [1.54, 1.807) is 4.90 Å². The second-order valence-corrected chi connectivity index (χ2v) is 7.83. The van der Waals surface area contributed by atoms with Crippen molar-refractivity contribution in [3.8, 4) is 0 Å². The molecule has 2 aliphatic rings. The zero-order chi connectivity index (χ0) is 17.1. The summed E-state index contributed by atoms with van der Waals surface area (Å²) in [6, 6.07) is 0. The van der Waals surface area contributed by atoms with Crippen LogP contribution in [0.5, 0.6) is 0 Å². The summed E-state index contributed by atoms with van der Waals surface area (Å²) in [6.07, 6.45) is 3.77. The van der Waals surface area contributed by atoms with Crippen molar-refractivity contribution < 1.29 is 19.1 Å². The SMILES string of the molecule is CC(C)(C)OC(=O)N1CCC(C)(OCC(=O)N2CCCCC2)C1. The van der Waals surface area contributed by atoms with Gasteiger partial charge in [0.1, 0.15) is 12.2 Å². The zero-order valence-electron chi connectivity index (χ0n) is 14.9. The number of likely N-dealkylation sites (tertiary alicyclic amines) is 2. The first kappa shape index (κ1) is 18.0. The largest absolute Gasteiger partial charge is 0.444 e. The van der Waals surface area contributed by atoms with Gasteiger partial charge in [0.2, 0.25) is 5.91 Å². The summed E-state index contributed by atoms with van der Waals surface area (Å²) in [5.41, 5.74) is -0.969. The molecular formula is C17H30N2O4. The second kappa shape index (κ2) is 7.07. The number of rotatable bonds is 3. The first-order chi connectivity index (χ1) is 10.7. The van der Waals surface area contributed by atoms with Crippen LogP contribution in [0.2, 0.25) is 0 Å². The third-order valence-electron chi connectivity index (χ3n) is 4.34. The van der Waals surface area contributed by atoms with Crippen LogP contribution in [0.15, 0.2) is 0 Å². The fraction of sp³-hybridized carbons (Fsp3) is 0.882. The van der Waals surface area contributed by atoms with Gasteiger partial charge >= 0.3 is 6.09 Å². The Morgan fingerprint density at radius 2 is 1.70 bits per heavy atom. The number of ether oxygens (including phenoxy) is 2. The molecule has 0 aromatic carbocycles. The van der Waals surface area contributed by atoms with Gasteiger partial charge in [0, 0.05) is 19.6 Å². The van der Waals surface area contributed by atoms with Crippen LogP contribution in [0, 0.1) is 0 Å². The Morgan fingerprint density at radius 1 is 1.04 bits per heavy atom. The van der Waals surface area contributed by atoms with Crippen LogP contribution in [0.1, 0.15) is 53.4 Å². The maximum absolute atomic E-state index is 12.2. The van der Waals surface area contributed by atoms with Crippen LogP contribution in [0.25, 0.3) is 0 Å². The molecule has 0 aromatic heterocycles. The van der Waals surface area contributed by atoms with E-state index in [2.05, 4.69) is 0 Å². The summed E-state index contributed by atoms with van der Waals surface area (Å²) < 4.78 is 11.3. The van der Waals surface area contributed by atoms with E-state index in [0.717, 1.165) is 32.4 Å². The molecule has 2 amide bonds. The average molecular weight is 326 g/mol. The van der Waals surface area contributed by atoms with Gasteiger partial charge in [0.15, 0.2) is 0 Å². The molecule has 0 N–H and O–H groups in total. The molecule has 1 unspecified atom stereocenters. The van der Waals surface area contributed by atoms with E-state index in [9.17, 15) is 9.59 Å². The number of nitrogens with zero attached hydrogens (tertiary/aromatic N) is 2. The predicted octanol–water partition coefficient (Wildman–Crippen LogP) is 2.42. The molecule has 0 spiro atoms. The highest BCUT2D eigenvalue weighted by Crippen LogP contribution is 2.26. The number of carbonyl (C=O) groups excluding carboxylic acids is 2. The summed E-state index contributed by atoms with van der Waals surface area (Å²) in [5, 5.41) is 0. The predicted molar refractivity (Wildman–Crippen MR) is 87.2 cm³/mol. The van der Waals surface area contributed by atoms with E-state index in [0.29, 0.717) is 13.1 Å². The van der Waals surface area contributed by atoms with Crippen molar-refractivity contribution in [2.75, 3.05) is 32.8 Å². The van der Waals surface area contributed by atoms with Crippen LogP contribution < -0.4 is 0 Å². The minimum Gasteiger partial charge on any atom is -0.444 e. The topological polar surface area (TPSA) is 59.1 Å². The highest BCUT2D eigenvalue weighted by Gasteiger charge is 2.39. The van der Waals surface area contributed by atoms with Crippen molar-refractivity contribution in [2.24, 2.45) is 0 Å². The molecular weight excluding hydrogens is 296 g/mol. The Hall–Kier alpha value is -1.30. The number of hydrogen-bond acceptors (Lipinski definition) is 4. The number of carbonyl (C=O) groups is 2. The molecule has 0 saturated carbocycles. The maximum Gasteiger partial charge on any atom is 0.410 e. The summed E-state index contributed by atoms with van der Waals surface area (Å²) in [4.78, 5) is 27.8. The van der Waals surface area contributed by atoms with Gasteiger partial charge in [0.25, 0.3) is 0 Å². The van der Waals surface area contributed by atoms with Gasteiger partial charge in [-0.25, -0.2) is 4.79 Å². The lowest BCUT2D eigenvalue weighted by Crippen LogP contribution is -2.42. The van der Waals surface area contributed by atoms with Gasteiger partial charge in [0.05, 0.1) is 12.1 Å². The molecule has 0 aromatic rings. The van der Waals surface area contributed by atoms with Crippen molar-refractivity contribution in [1.29, 1.82) is 0 Å². The second-order valence-electron chi connectivity index (χ2n) is 7.83. The molecule has 2 heterocycles. The van der Waals surface area contributed by atoms with E-state index in [4.69, 9.17) is 9.47 Å². The van der Waals surface area contributed by atoms with Gasteiger partial charge in [-0.15, -0.1) is 0 Å². The lowest BCUT2D eigenvalue weighted by atomic mass is 10.1. The minimum atomic E-state index is -0.499. The zero-order valence-corrected chi connectivity index (χ0v) is 14.9. The molecule has 0 radical (unpaired) electrons. The summed E-state index contributed by atoms with van der Waals surface area (Å²) in [6.45, 7) is 10.4. The Labute approximate surface area is 139 Å². The van der Waals surface area contributed by atoms with Gasteiger partial charge in [-0.05, 0) is 53.4 Å². The van der Waals surface area contributed by atoms with Gasteiger partial charge in [-0.3, -0.25) is 4.79 Å². The maximum atomic E-state index is 12.2. The van der Waals surface area contributed by atoms with Crippen molar-refractivity contribution in [3.63, 3.8) is 0 Å². The lowest BCUT2D eigenvalue weighted by molar-refractivity contribution is -0.142. The Bertz CT molecular complexity index is 440. The first-order valence-corrected chi connectivity index (χ1v) is 8.58. The molecule has 2 fully saturated rings. The minimum absolute atomic E-state index is 0.0571. The molecule has 6 nitrogen and oxygen atoms in total. The van der Waals surface area contributed by atoms with Crippen molar-refractivity contribution in [3.05, 3.63) is 0 Å². The molecule has 132 valence electrons. The van der Waals surface area contributed by atoms with E-state index in [-0.39, 0.29) is 18.6 Å². The molecule has 2 aliphatic heterocycles. The molecule has 0 bridgehead atoms. The number of amides is 2. The number of hydrogen-bond donors (Lipinski definition) is 0. The lowest BCUT2D eigenvalue weighted by Gasteiger charge is -2.30. The first-order valence-electron chi connectivity index (χ1n) is 8.58. The Morgan fingerprint density at radius 3 is 2.30 bits per heavy atom. The van der Waals surface area contributed by atoms with Crippen LogP contribution in [0.3, 0.4) is 0 Å². The number of piperidine rings is 1. The van der Waals surface area contributed by atoms with E-state index in [1.165, 1.54) is 6.42 Å². The van der Waals surface area contributed by atoms with Gasteiger partial charge in [-0.2, -0.15) is 0 Å². The molecule has 0 aliphatic carbocycles. The third kappa shape index (κ3) is 5.37. The fourth-order valence-electron chi connectivity index (χ4n) is 3.00. The van der Waals surface area contributed by atoms with E-state index < -0.39 is 11.2 Å². The van der Waals surface area contributed by atoms with Crippen molar-refractivity contribution >= 4 is 12.0 Å². The highest BCUT2D eigenvalue weighted by molar-refractivity contribution is 5.77. The monoisotopic (exact) mass is 326 g/mol. The van der Waals surface area contributed by atoms with Crippen molar-refractivity contribution in [2.45, 2.75) is 64.6 Å². The van der Waals surface area contributed by atoms with Crippen molar-refractivity contribution in [1.82, 2.24) is 9.80 Å². The van der Waals surface area contributed by atoms with Crippen LogP contribution in [-0.4, -0.2) is 65.8 Å². The van der Waals surface area contributed by atoms with Gasteiger partial charge in [-0.1, -0.05) is 0 Å². The molecule has 2 saturated heterocycles. The molecule has 1 atom stereocenters. The van der Waals surface area contributed by atoms with Crippen LogP contribution in [0.4, 0.5) is 4.79 Å². The summed E-state index contributed by atoms with van der Waals surface area (Å²) in [5.74, 6) is 0.0571. The highest BCUT2D eigenvalue weighted by atomic mass is 16.6. The standard InChI is InChI=1S/C17H30N2O4/c1-16(2,3)23-15(21)19-11-8-17(4,13-19)22-12-14(20)18-9-6-5-7-10-18/h5-13H2,1-4H3. The van der Waals surface area contributed by atoms with E-state index in [1.807, 2.05) is 32.6 Å². The van der Waals surface area contributed by atoms with Crippen LogP contribution >= 0.6 is 0 Å². The molecule has 6 heteroatoms. The Kier molecular flexibility index (Phi) is 5.55. The quantitative estimate of drug-likeness (QED) is 0.799. The van der Waals surface area contributed by atoms with E-state index >= 15 is 0 Å². The normalized spacial score (nSPS) is 25.6.